The maximum Gasteiger partial charge on any atom is 0.344 e. The van der Waals surface area contributed by atoms with Crippen molar-refractivity contribution in [2.24, 2.45) is 0 Å². The van der Waals surface area contributed by atoms with Crippen LogP contribution in [0.3, 0.4) is 0 Å². The number of methoxy groups -OCH3 is 2. The van der Waals surface area contributed by atoms with Crippen LogP contribution >= 0.6 is 0 Å². The van der Waals surface area contributed by atoms with Crippen molar-refractivity contribution in [3.8, 4) is 28.4 Å². The molecule has 0 aliphatic carbocycles. The highest BCUT2D eigenvalue weighted by Crippen LogP contribution is 2.32. The molecule has 8 heteroatoms. The van der Waals surface area contributed by atoms with E-state index in [0.29, 0.717) is 47.0 Å². The van der Waals surface area contributed by atoms with Crippen LogP contribution in [-0.4, -0.2) is 69.8 Å². The van der Waals surface area contributed by atoms with E-state index >= 15 is 0 Å². The predicted octanol–water partition coefficient (Wildman–Crippen LogP) is 2.63. The molecule has 8 nitrogen and oxygen atoms in total. The third-order valence-corrected chi connectivity index (χ3v) is 5.62. The number of fused-ring (bicyclic) bond motifs is 1. The number of rotatable bonds is 6. The zero-order valence-electron chi connectivity index (χ0n) is 18.4. The summed E-state index contributed by atoms with van der Waals surface area (Å²) < 4.78 is 21.8. The van der Waals surface area contributed by atoms with Gasteiger partial charge >= 0.3 is 5.63 Å². The zero-order valence-corrected chi connectivity index (χ0v) is 18.4. The van der Waals surface area contributed by atoms with Crippen molar-refractivity contribution in [1.29, 1.82) is 0 Å². The maximum absolute atomic E-state index is 12.7. The van der Waals surface area contributed by atoms with Crippen LogP contribution in [0.1, 0.15) is 0 Å². The molecule has 2 heterocycles. The molecule has 0 unspecified atom stereocenters. The van der Waals surface area contributed by atoms with Gasteiger partial charge in [0, 0.05) is 37.6 Å². The highest BCUT2D eigenvalue weighted by molar-refractivity contribution is 5.83. The summed E-state index contributed by atoms with van der Waals surface area (Å²) in [6, 6.07) is 12.2. The van der Waals surface area contributed by atoms with E-state index in [4.69, 9.17) is 18.6 Å². The number of piperazine rings is 1. The van der Waals surface area contributed by atoms with Gasteiger partial charge in [0.25, 0.3) is 5.91 Å². The summed E-state index contributed by atoms with van der Waals surface area (Å²) in [7, 11) is 5.14. The molecular formula is C24H26N2O6. The third kappa shape index (κ3) is 4.55. The number of carbonyl (C=O) groups is 1. The van der Waals surface area contributed by atoms with E-state index in [2.05, 4.69) is 4.90 Å². The van der Waals surface area contributed by atoms with Gasteiger partial charge in [-0.05, 0) is 42.9 Å². The topological polar surface area (TPSA) is 81.5 Å². The standard InChI is InChI=1S/C24H26N2O6/c1-25-8-10-26(11-9-25)23(27)15-31-18-6-4-17-12-19(24(28)32-21(17)14-18)16-5-7-20(29-2)22(13-16)30-3/h4-7,12-14H,8-11,15H2,1-3H3. The summed E-state index contributed by atoms with van der Waals surface area (Å²) in [6.07, 6.45) is 0. The molecule has 4 rings (SSSR count). The Kier molecular flexibility index (Phi) is 6.32. The number of benzene rings is 2. The molecule has 0 bridgehead atoms. The van der Waals surface area contributed by atoms with Crippen LogP contribution in [0.25, 0.3) is 22.1 Å². The van der Waals surface area contributed by atoms with Gasteiger partial charge in [-0.1, -0.05) is 6.07 Å². The number of likely N-dealkylation sites (N-methyl/N-ethyl adjacent to an activating group) is 1. The fourth-order valence-corrected chi connectivity index (χ4v) is 3.68. The molecule has 2 aromatic carbocycles. The first-order valence-electron chi connectivity index (χ1n) is 10.4. The molecule has 1 saturated heterocycles. The normalized spacial score (nSPS) is 14.4. The number of hydrogen-bond acceptors (Lipinski definition) is 7. The van der Waals surface area contributed by atoms with E-state index in [1.54, 1.807) is 61.6 Å². The first-order chi connectivity index (χ1) is 15.5. The number of carbonyl (C=O) groups excluding carboxylic acids is 1. The molecule has 1 amide bonds. The molecule has 0 radical (unpaired) electrons. The molecule has 1 aliphatic heterocycles. The molecular weight excluding hydrogens is 412 g/mol. The van der Waals surface area contributed by atoms with E-state index in [1.807, 2.05) is 7.05 Å². The minimum absolute atomic E-state index is 0.0524. The fraction of sp³-hybridized carbons (Fsp3) is 0.333. The van der Waals surface area contributed by atoms with E-state index in [1.165, 1.54) is 0 Å². The van der Waals surface area contributed by atoms with Gasteiger partial charge in [0.2, 0.25) is 0 Å². The molecule has 0 saturated carbocycles. The second-order valence-corrected chi connectivity index (χ2v) is 7.69. The molecule has 168 valence electrons. The largest absolute Gasteiger partial charge is 0.493 e. The maximum atomic E-state index is 12.7. The Bertz CT molecular complexity index is 1180. The van der Waals surface area contributed by atoms with Crippen LogP contribution in [0.4, 0.5) is 0 Å². The zero-order chi connectivity index (χ0) is 22.7. The third-order valence-electron chi connectivity index (χ3n) is 5.62. The molecule has 3 aromatic rings. The van der Waals surface area contributed by atoms with Crippen LogP contribution in [-0.2, 0) is 4.79 Å². The van der Waals surface area contributed by atoms with Crippen molar-refractivity contribution < 1.29 is 23.4 Å². The Hall–Kier alpha value is -3.52. The Balaban J connectivity index is 1.52. The minimum Gasteiger partial charge on any atom is -0.493 e. The summed E-state index contributed by atoms with van der Waals surface area (Å²) in [5.41, 5.74) is 0.993. The van der Waals surface area contributed by atoms with Crippen LogP contribution in [0, 0.1) is 0 Å². The summed E-state index contributed by atoms with van der Waals surface area (Å²) in [5.74, 6) is 1.53. The van der Waals surface area contributed by atoms with Crippen molar-refractivity contribution in [2.75, 3.05) is 54.1 Å². The summed E-state index contributed by atoms with van der Waals surface area (Å²) in [5, 5.41) is 0.743. The van der Waals surface area contributed by atoms with E-state index < -0.39 is 5.63 Å². The number of hydrogen-bond donors (Lipinski definition) is 0. The Morgan fingerprint density at radius 1 is 0.969 bits per heavy atom. The van der Waals surface area contributed by atoms with Gasteiger partial charge in [0.1, 0.15) is 11.3 Å². The van der Waals surface area contributed by atoms with Gasteiger partial charge in [0.05, 0.1) is 19.8 Å². The SMILES string of the molecule is COc1ccc(-c2cc3ccc(OCC(=O)N4CCN(C)CC4)cc3oc2=O)cc1OC. The number of nitrogens with zero attached hydrogens (tertiary/aromatic N) is 2. The second kappa shape index (κ2) is 9.32. The quantitative estimate of drug-likeness (QED) is 0.547. The van der Waals surface area contributed by atoms with E-state index in [0.717, 1.165) is 18.5 Å². The van der Waals surface area contributed by atoms with Crippen LogP contribution in [0.2, 0.25) is 0 Å². The Labute approximate surface area is 185 Å². The summed E-state index contributed by atoms with van der Waals surface area (Å²) >= 11 is 0. The molecule has 32 heavy (non-hydrogen) atoms. The summed E-state index contributed by atoms with van der Waals surface area (Å²) in [4.78, 5) is 29.0. The average Bonchev–Trinajstić information content (AvgIpc) is 2.82. The lowest BCUT2D eigenvalue weighted by atomic mass is 10.1. The van der Waals surface area contributed by atoms with Gasteiger partial charge in [-0.3, -0.25) is 4.79 Å². The lowest BCUT2D eigenvalue weighted by Gasteiger charge is -2.32. The van der Waals surface area contributed by atoms with Gasteiger partial charge in [0.15, 0.2) is 18.1 Å². The monoisotopic (exact) mass is 438 g/mol. The molecule has 1 fully saturated rings. The van der Waals surface area contributed by atoms with Crippen LogP contribution in [0.15, 0.2) is 51.7 Å². The Morgan fingerprint density at radius 2 is 1.72 bits per heavy atom. The van der Waals surface area contributed by atoms with Gasteiger partial charge in [-0.2, -0.15) is 0 Å². The van der Waals surface area contributed by atoms with Crippen molar-refractivity contribution in [2.45, 2.75) is 0 Å². The summed E-state index contributed by atoms with van der Waals surface area (Å²) in [6.45, 7) is 3.06. The smallest absolute Gasteiger partial charge is 0.344 e. The molecule has 1 aromatic heterocycles. The lowest BCUT2D eigenvalue weighted by molar-refractivity contribution is -0.134. The lowest BCUT2D eigenvalue weighted by Crippen LogP contribution is -2.48. The van der Waals surface area contributed by atoms with Crippen molar-refractivity contribution in [3.05, 3.63) is 52.9 Å². The van der Waals surface area contributed by atoms with Gasteiger partial charge in [-0.25, -0.2) is 4.79 Å². The molecule has 0 N–H and O–H groups in total. The van der Waals surface area contributed by atoms with Crippen LogP contribution < -0.4 is 19.8 Å². The minimum atomic E-state index is -0.476. The van der Waals surface area contributed by atoms with Crippen molar-refractivity contribution in [1.82, 2.24) is 9.80 Å². The first-order valence-corrected chi connectivity index (χ1v) is 10.4. The number of ether oxygens (including phenoxy) is 3. The fourth-order valence-electron chi connectivity index (χ4n) is 3.68. The van der Waals surface area contributed by atoms with Gasteiger partial charge in [-0.15, -0.1) is 0 Å². The van der Waals surface area contributed by atoms with Gasteiger partial charge < -0.3 is 28.4 Å². The highest BCUT2D eigenvalue weighted by Gasteiger charge is 2.19. The highest BCUT2D eigenvalue weighted by atomic mass is 16.5. The molecule has 1 aliphatic rings. The first kappa shape index (κ1) is 21.7. The van der Waals surface area contributed by atoms with Crippen molar-refractivity contribution in [3.63, 3.8) is 0 Å². The predicted molar refractivity (Wildman–Crippen MR) is 121 cm³/mol. The average molecular weight is 438 g/mol. The molecule has 0 atom stereocenters. The second-order valence-electron chi connectivity index (χ2n) is 7.69. The molecule has 0 spiro atoms. The van der Waals surface area contributed by atoms with E-state index in [-0.39, 0.29) is 12.5 Å². The Morgan fingerprint density at radius 3 is 2.44 bits per heavy atom. The van der Waals surface area contributed by atoms with E-state index in [9.17, 15) is 9.59 Å². The van der Waals surface area contributed by atoms with Crippen molar-refractivity contribution >= 4 is 16.9 Å². The number of amides is 1. The van der Waals surface area contributed by atoms with Crippen LogP contribution in [0.5, 0.6) is 17.2 Å².